The van der Waals surface area contributed by atoms with E-state index in [4.69, 9.17) is 32.4 Å². The highest BCUT2D eigenvalue weighted by atomic mass is 35.5. The number of aryl methyl sites for hydroxylation is 2. The zero-order valence-electron chi connectivity index (χ0n) is 25.0. The number of carbonyl (C=O) groups excluding carboxylic acids is 3. The smallest absolute Gasteiger partial charge is 0.301 e. The number of para-hydroxylation sites is 1. The molecule has 0 saturated carbocycles. The van der Waals surface area contributed by atoms with Gasteiger partial charge in [0.15, 0.2) is 0 Å². The second-order valence-electron chi connectivity index (χ2n) is 10.2. The number of nitrogens with zero attached hydrogens (tertiary/aromatic N) is 4. The molecule has 46 heavy (non-hydrogen) atoms. The Hall–Kier alpha value is -5.26. The van der Waals surface area contributed by atoms with Crippen LogP contribution in [0.4, 0.5) is 11.7 Å². The van der Waals surface area contributed by atoms with Crippen molar-refractivity contribution in [3.63, 3.8) is 0 Å². The molecule has 3 amide bonds. The molecule has 0 aliphatic heterocycles. The van der Waals surface area contributed by atoms with Crippen molar-refractivity contribution < 1.29 is 23.5 Å². The molecule has 5 rings (SSSR count). The molecule has 0 aliphatic carbocycles. The number of amides is 3. The fourth-order valence-corrected chi connectivity index (χ4v) is 4.92. The van der Waals surface area contributed by atoms with Crippen LogP contribution >= 0.6 is 23.2 Å². The Bertz CT molecular complexity index is 1960. The standard InChI is InChI=1S/C33H28Cl2N6O5/c1-19-7-10-22-5-4-6-27(31(22)38-19)45-18-23-24(34)11-13-26(30(23)35)41(3)29(43)16-37-28(42)14-9-21-8-12-25(36-15-21)32(44)40-33-39-20(2)17-46-33/h4-15,17H,16,18H2,1-3H3,(H,37,42)(H,39,40,44)/b14-9+. The Morgan fingerprint density at radius 3 is 2.57 bits per heavy atom. The van der Waals surface area contributed by atoms with Crippen molar-refractivity contribution in [1.29, 1.82) is 0 Å². The average molecular weight is 660 g/mol. The highest BCUT2D eigenvalue weighted by molar-refractivity contribution is 6.38. The third-order valence-electron chi connectivity index (χ3n) is 6.80. The van der Waals surface area contributed by atoms with Gasteiger partial charge in [0, 0.05) is 41.0 Å². The Morgan fingerprint density at radius 2 is 1.83 bits per heavy atom. The van der Waals surface area contributed by atoms with Crippen molar-refractivity contribution in [2.45, 2.75) is 20.5 Å². The van der Waals surface area contributed by atoms with Crippen molar-refractivity contribution in [2.24, 2.45) is 0 Å². The predicted octanol–water partition coefficient (Wildman–Crippen LogP) is 6.17. The number of benzene rings is 2. The number of nitrogens with one attached hydrogen (secondary N) is 2. The molecule has 0 aliphatic rings. The van der Waals surface area contributed by atoms with Gasteiger partial charge in [-0.25, -0.2) is 4.98 Å². The number of carbonyl (C=O) groups is 3. The molecule has 13 heteroatoms. The van der Waals surface area contributed by atoms with Crippen molar-refractivity contribution >= 4 is 69.6 Å². The first-order valence-electron chi connectivity index (χ1n) is 14.0. The summed E-state index contributed by atoms with van der Waals surface area (Å²) in [6, 6.07) is 16.0. The molecular formula is C33H28Cl2N6O5. The summed E-state index contributed by atoms with van der Waals surface area (Å²) in [5, 5.41) is 6.63. The number of fused-ring (bicyclic) bond motifs is 1. The number of aromatic nitrogens is 3. The summed E-state index contributed by atoms with van der Waals surface area (Å²) in [5.74, 6) is -0.827. The van der Waals surface area contributed by atoms with E-state index in [1.807, 2.05) is 37.3 Å². The number of pyridine rings is 2. The summed E-state index contributed by atoms with van der Waals surface area (Å²) in [7, 11) is 1.55. The maximum absolute atomic E-state index is 13.0. The molecule has 0 saturated heterocycles. The van der Waals surface area contributed by atoms with Crippen LogP contribution in [-0.2, 0) is 16.2 Å². The first kappa shape index (κ1) is 32.1. The van der Waals surface area contributed by atoms with Crippen LogP contribution in [0, 0.1) is 13.8 Å². The lowest BCUT2D eigenvalue weighted by Gasteiger charge is -2.21. The third kappa shape index (κ3) is 7.68. The molecule has 0 spiro atoms. The quantitative estimate of drug-likeness (QED) is 0.170. The van der Waals surface area contributed by atoms with Crippen LogP contribution in [0.3, 0.4) is 0 Å². The van der Waals surface area contributed by atoms with Gasteiger partial charge < -0.3 is 19.4 Å². The lowest BCUT2D eigenvalue weighted by atomic mass is 10.1. The summed E-state index contributed by atoms with van der Waals surface area (Å²) in [6.07, 6.45) is 5.61. The number of hydrogen-bond donors (Lipinski definition) is 2. The largest absolute Gasteiger partial charge is 0.487 e. The van der Waals surface area contributed by atoms with Crippen LogP contribution in [-0.4, -0.2) is 46.3 Å². The van der Waals surface area contributed by atoms with Gasteiger partial charge in [0.25, 0.3) is 5.91 Å². The van der Waals surface area contributed by atoms with Crippen molar-refractivity contribution in [3.05, 3.63) is 111 Å². The van der Waals surface area contributed by atoms with Crippen LogP contribution in [0.25, 0.3) is 17.0 Å². The normalized spacial score (nSPS) is 11.1. The van der Waals surface area contributed by atoms with Gasteiger partial charge in [-0.3, -0.25) is 24.7 Å². The van der Waals surface area contributed by atoms with Gasteiger partial charge in [-0.1, -0.05) is 47.5 Å². The van der Waals surface area contributed by atoms with E-state index in [-0.39, 0.29) is 29.9 Å². The summed E-state index contributed by atoms with van der Waals surface area (Å²) < 4.78 is 11.2. The second kappa shape index (κ2) is 14.2. The van der Waals surface area contributed by atoms with Crippen LogP contribution in [0.15, 0.2) is 77.6 Å². The summed E-state index contributed by atoms with van der Waals surface area (Å²) in [4.78, 5) is 51.7. The van der Waals surface area contributed by atoms with Gasteiger partial charge in [0.05, 0.1) is 22.9 Å². The molecule has 234 valence electrons. The molecule has 5 aromatic rings. The predicted molar refractivity (Wildman–Crippen MR) is 176 cm³/mol. The first-order chi connectivity index (χ1) is 22.1. The minimum atomic E-state index is -0.502. The molecule has 0 bridgehead atoms. The van der Waals surface area contributed by atoms with Gasteiger partial charge in [0.2, 0.25) is 11.8 Å². The van der Waals surface area contributed by atoms with Gasteiger partial charge >= 0.3 is 6.01 Å². The van der Waals surface area contributed by atoms with E-state index in [0.717, 1.165) is 16.6 Å². The third-order valence-corrected chi connectivity index (χ3v) is 7.57. The molecule has 0 atom stereocenters. The van der Waals surface area contributed by atoms with E-state index in [0.29, 0.717) is 33.3 Å². The van der Waals surface area contributed by atoms with E-state index in [9.17, 15) is 14.4 Å². The fourth-order valence-electron chi connectivity index (χ4n) is 4.32. The zero-order valence-corrected chi connectivity index (χ0v) is 26.5. The SMILES string of the molecule is Cc1coc(NC(=O)c2ccc(/C=C/C(=O)NCC(=O)N(C)c3ccc(Cl)c(COc4cccc5ccc(C)nc45)c3Cl)cn2)n1. The van der Waals surface area contributed by atoms with Crippen molar-refractivity contribution in [2.75, 3.05) is 23.8 Å². The highest BCUT2D eigenvalue weighted by Crippen LogP contribution is 2.35. The van der Waals surface area contributed by atoms with E-state index in [2.05, 4.69) is 25.6 Å². The minimum absolute atomic E-state index is 0.0468. The number of ether oxygens (including phenoxy) is 1. The summed E-state index contributed by atoms with van der Waals surface area (Å²) in [6.45, 7) is 3.40. The van der Waals surface area contributed by atoms with Gasteiger partial charge in [-0.15, -0.1) is 0 Å². The number of oxazole rings is 1. The van der Waals surface area contributed by atoms with Crippen LogP contribution < -0.4 is 20.3 Å². The monoisotopic (exact) mass is 658 g/mol. The van der Waals surface area contributed by atoms with E-state index in [1.165, 1.54) is 35.6 Å². The lowest BCUT2D eigenvalue weighted by Crippen LogP contribution is -2.37. The molecule has 3 heterocycles. The second-order valence-corrected chi connectivity index (χ2v) is 10.9. The molecule has 2 aromatic carbocycles. The molecule has 3 aromatic heterocycles. The Kier molecular flexibility index (Phi) is 9.94. The van der Waals surface area contributed by atoms with Gasteiger partial charge in [-0.05, 0) is 55.8 Å². The number of hydrogen-bond acceptors (Lipinski definition) is 8. The zero-order chi connectivity index (χ0) is 32.8. The Morgan fingerprint density at radius 1 is 1.00 bits per heavy atom. The number of likely N-dealkylation sites (N-methyl/N-ethyl adjacent to an activating group) is 1. The molecular weight excluding hydrogens is 631 g/mol. The van der Waals surface area contributed by atoms with Crippen LogP contribution in [0.5, 0.6) is 5.75 Å². The molecule has 2 N–H and O–H groups in total. The number of halogens is 2. The lowest BCUT2D eigenvalue weighted by molar-refractivity contribution is -0.122. The number of anilines is 2. The maximum Gasteiger partial charge on any atom is 0.301 e. The Balaban J connectivity index is 1.16. The summed E-state index contributed by atoms with van der Waals surface area (Å²) in [5.41, 5.74) is 3.82. The number of rotatable bonds is 10. The maximum atomic E-state index is 13.0. The molecule has 11 nitrogen and oxygen atoms in total. The van der Waals surface area contributed by atoms with E-state index >= 15 is 0 Å². The van der Waals surface area contributed by atoms with Gasteiger partial charge in [0.1, 0.15) is 29.8 Å². The highest BCUT2D eigenvalue weighted by Gasteiger charge is 2.19. The fraction of sp³-hybridized carbons (Fsp3) is 0.152. The molecule has 0 fully saturated rings. The van der Waals surface area contributed by atoms with Crippen LogP contribution in [0.1, 0.15) is 33.0 Å². The van der Waals surface area contributed by atoms with Crippen molar-refractivity contribution in [3.8, 4) is 5.75 Å². The summed E-state index contributed by atoms with van der Waals surface area (Å²) >= 11 is 13.2. The minimum Gasteiger partial charge on any atom is -0.487 e. The molecule has 0 radical (unpaired) electrons. The van der Waals surface area contributed by atoms with Gasteiger partial charge in [-0.2, -0.15) is 4.98 Å². The van der Waals surface area contributed by atoms with E-state index in [1.54, 1.807) is 32.2 Å². The topological polar surface area (TPSA) is 140 Å². The van der Waals surface area contributed by atoms with Crippen LogP contribution in [0.2, 0.25) is 10.0 Å². The molecule has 0 unspecified atom stereocenters. The Labute approximate surface area is 274 Å². The first-order valence-corrected chi connectivity index (χ1v) is 14.7. The van der Waals surface area contributed by atoms with Crippen molar-refractivity contribution in [1.82, 2.24) is 20.3 Å². The average Bonchev–Trinajstić information content (AvgIpc) is 3.46. The van der Waals surface area contributed by atoms with E-state index < -0.39 is 17.7 Å².